The van der Waals surface area contributed by atoms with Crippen molar-refractivity contribution in [2.24, 2.45) is 0 Å². The Bertz CT molecular complexity index is 744. The average molecular weight is 466 g/mol. The Kier molecular flexibility index (Phi) is 11.9. The van der Waals surface area contributed by atoms with E-state index in [4.69, 9.17) is 55.5 Å². The van der Waals surface area contributed by atoms with Crippen LogP contribution in [-0.4, -0.2) is 30.8 Å². The van der Waals surface area contributed by atoms with E-state index in [0.29, 0.717) is 27.6 Å². The van der Waals surface area contributed by atoms with Crippen molar-refractivity contribution in [3.8, 4) is 0 Å². The van der Waals surface area contributed by atoms with Gasteiger partial charge in [0.15, 0.2) is 0 Å². The Morgan fingerprint density at radius 3 is 2.75 bits per heavy atom. The van der Waals surface area contributed by atoms with E-state index in [1.807, 2.05) is 22.9 Å². The van der Waals surface area contributed by atoms with Crippen molar-refractivity contribution in [1.29, 1.82) is 0 Å². The molecule has 1 aromatic heterocycles. The average Bonchev–Trinajstić information content (AvgIpc) is 3.11. The summed E-state index contributed by atoms with van der Waals surface area (Å²) in [7, 11) is 0. The standard InChI is InChI=1S/C17H20Cl2N2OS2.HNO3/c1-2-3-4-9-22-17(23)24-16(11-21-8-7-20-12-21)14-6-5-13(18)10-15(14)19;2-1(3)4/h5-8,10,12,16H,2-4,9,11H2,1H3;(H,2,3,4). The predicted octanol–water partition coefficient (Wildman–Crippen LogP) is 5.81. The van der Waals surface area contributed by atoms with Crippen LogP contribution in [0.25, 0.3) is 0 Å². The normalized spacial score (nSPS) is 11.2. The first kappa shape index (κ1) is 24.5. The molecule has 2 rings (SSSR count). The van der Waals surface area contributed by atoms with Crippen LogP contribution in [0.15, 0.2) is 36.9 Å². The molecule has 0 bridgehead atoms. The van der Waals surface area contributed by atoms with E-state index in [1.165, 1.54) is 11.8 Å². The second-order valence-electron chi connectivity index (χ2n) is 5.58. The lowest BCUT2D eigenvalue weighted by atomic mass is 10.1. The number of rotatable bonds is 8. The number of nitrogens with zero attached hydrogens (tertiary/aromatic N) is 3. The highest BCUT2D eigenvalue weighted by Crippen LogP contribution is 2.37. The molecular formula is C17H21Cl2N3O4S2. The van der Waals surface area contributed by atoms with Gasteiger partial charge in [-0.2, -0.15) is 0 Å². The van der Waals surface area contributed by atoms with Gasteiger partial charge in [0, 0.05) is 29.0 Å². The summed E-state index contributed by atoms with van der Waals surface area (Å²) >= 11 is 19.3. The van der Waals surface area contributed by atoms with Crippen molar-refractivity contribution in [2.45, 2.75) is 38.0 Å². The molecule has 0 amide bonds. The van der Waals surface area contributed by atoms with Gasteiger partial charge in [0.2, 0.25) is 4.38 Å². The maximum Gasteiger partial charge on any atom is 0.291 e. The van der Waals surface area contributed by atoms with Crippen molar-refractivity contribution in [2.75, 3.05) is 6.61 Å². The van der Waals surface area contributed by atoms with Crippen LogP contribution in [0.1, 0.15) is 37.0 Å². The Morgan fingerprint density at radius 2 is 2.18 bits per heavy atom. The molecule has 2 aromatic rings. The molecule has 11 heteroatoms. The molecule has 1 unspecified atom stereocenters. The van der Waals surface area contributed by atoms with E-state index in [0.717, 1.165) is 24.8 Å². The summed E-state index contributed by atoms with van der Waals surface area (Å²) in [6.45, 7) is 3.52. The molecule has 0 radical (unpaired) electrons. The second kappa shape index (κ2) is 13.6. The van der Waals surface area contributed by atoms with Gasteiger partial charge in [-0.05, 0) is 36.3 Å². The number of hydrogen-bond acceptors (Lipinski definition) is 6. The maximum absolute atomic E-state index is 8.36. The molecule has 0 aliphatic rings. The Labute approximate surface area is 183 Å². The molecule has 0 spiro atoms. The lowest BCUT2D eigenvalue weighted by Crippen LogP contribution is -2.09. The number of ether oxygens (including phenoxy) is 1. The minimum Gasteiger partial charge on any atom is -0.479 e. The Balaban J connectivity index is 0.000000892. The van der Waals surface area contributed by atoms with E-state index >= 15 is 0 Å². The van der Waals surface area contributed by atoms with Gasteiger partial charge in [0.05, 0.1) is 18.2 Å². The molecule has 7 nitrogen and oxygen atoms in total. The SMILES string of the molecule is CCCCCOC(=S)SC(Cn1ccnc1)c1ccc(Cl)cc1Cl.O=[N+]([O-])O. The highest BCUT2D eigenvalue weighted by atomic mass is 35.5. The zero-order valence-corrected chi connectivity index (χ0v) is 18.3. The third-order valence-corrected chi connectivity index (χ3v) is 5.42. The summed E-state index contributed by atoms with van der Waals surface area (Å²) in [6.07, 6.45) is 8.78. The van der Waals surface area contributed by atoms with Gasteiger partial charge in [-0.15, -0.1) is 10.1 Å². The molecule has 0 saturated carbocycles. The third kappa shape index (κ3) is 10.1. The van der Waals surface area contributed by atoms with Crippen molar-refractivity contribution in [3.05, 3.63) is 62.6 Å². The van der Waals surface area contributed by atoms with Gasteiger partial charge >= 0.3 is 0 Å². The third-order valence-electron chi connectivity index (χ3n) is 3.45. The summed E-state index contributed by atoms with van der Waals surface area (Å²) in [5.74, 6) is 0. The number of thioether (sulfide) groups is 1. The Hall–Kier alpha value is -1.55. The molecule has 154 valence electrons. The van der Waals surface area contributed by atoms with E-state index in [1.54, 1.807) is 18.6 Å². The molecule has 0 aliphatic carbocycles. The van der Waals surface area contributed by atoms with Crippen LogP contribution in [-0.2, 0) is 11.3 Å². The monoisotopic (exact) mass is 465 g/mol. The highest BCUT2D eigenvalue weighted by Gasteiger charge is 2.19. The number of imidazole rings is 1. The van der Waals surface area contributed by atoms with E-state index in [9.17, 15) is 0 Å². The molecule has 0 saturated heterocycles. The van der Waals surface area contributed by atoms with Crippen molar-refractivity contribution < 1.29 is 15.0 Å². The van der Waals surface area contributed by atoms with Crippen molar-refractivity contribution in [3.63, 3.8) is 0 Å². The maximum atomic E-state index is 8.36. The largest absolute Gasteiger partial charge is 0.479 e. The highest BCUT2D eigenvalue weighted by molar-refractivity contribution is 8.22. The predicted molar refractivity (Wildman–Crippen MR) is 116 cm³/mol. The summed E-state index contributed by atoms with van der Waals surface area (Å²) in [4.78, 5) is 12.5. The number of benzene rings is 1. The minimum atomic E-state index is -1.50. The zero-order valence-electron chi connectivity index (χ0n) is 15.2. The number of hydrogen-bond donors (Lipinski definition) is 1. The summed E-state index contributed by atoms with van der Waals surface area (Å²) in [5, 5.41) is 14.9. The van der Waals surface area contributed by atoms with Crippen LogP contribution in [0, 0.1) is 10.1 Å². The van der Waals surface area contributed by atoms with Gasteiger partial charge in [0.1, 0.15) is 0 Å². The zero-order chi connectivity index (χ0) is 20.9. The van der Waals surface area contributed by atoms with Crippen LogP contribution >= 0.6 is 47.2 Å². The molecule has 1 atom stereocenters. The molecular weight excluding hydrogens is 445 g/mol. The second-order valence-corrected chi connectivity index (χ2v) is 8.22. The number of aromatic nitrogens is 2. The smallest absolute Gasteiger partial charge is 0.291 e. The minimum absolute atomic E-state index is 0.0302. The molecule has 1 N–H and O–H groups in total. The van der Waals surface area contributed by atoms with Crippen LogP contribution in [0.3, 0.4) is 0 Å². The van der Waals surface area contributed by atoms with E-state index < -0.39 is 5.09 Å². The van der Waals surface area contributed by atoms with E-state index in [-0.39, 0.29) is 5.25 Å². The van der Waals surface area contributed by atoms with Crippen LogP contribution < -0.4 is 0 Å². The first-order chi connectivity index (χ1) is 13.3. The number of thiocarbonyl (C=S) groups is 1. The van der Waals surface area contributed by atoms with Gasteiger partial charge in [0.25, 0.3) is 5.09 Å². The van der Waals surface area contributed by atoms with Gasteiger partial charge in [-0.3, -0.25) is 0 Å². The lowest BCUT2D eigenvalue weighted by Gasteiger charge is -2.19. The van der Waals surface area contributed by atoms with Gasteiger partial charge in [-0.1, -0.05) is 60.8 Å². The summed E-state index contributed by atoms with van der Waals surface area (Å²) in [5.41, 5.74) is 0.985. The molecule has 1 heterocycles. The summed E-state index contributed by atoms with van der Waals surface area (Å²) in [6, 6.07) is 5.54. The van der Waals surface area contributed by atoms with Gasteiger partial charge < -0.3 is 14.5 Å². The Morgan fingerprint density at radius 1 is 1.46 bits per heavy atom. The fraction of sp³-hybridized carbons (Fsp3) is 0.412. The van der Waals surface area contributed by atoms with E-state index in [2.05, 4.69) is 11.9 Å². The van der Waals surface area contributed by atoms with Crippen LogP contribution in [0.5, 0.6) is 0 Å². The van der Waals surface area contributed by atoms with Crippen molar-refractivity contribution in [1.82, 2.24) is 9.55 Å². The molecule has 28 heavy (non-hydrogen) atoms. The lowest BCUT2D eigenvalue weighted by molar-refractivity contribution is -0.742. The fourth-order valence-corrected chi connectivity index (χ4v) is 4.21. The summed E-state index contributed by atoms with van der Waals surface area (Å²) < 4.78 is 8.23. The topological polar surface area (TPSA) is 90.4 Å². The fourth-order valence-electron chi connectivity index (χ4n) is 2.21. The van der Waals surface area contributed by atoms with Crippen LogP contribution in [0.2, 0.25) is 10.0 Å². The molecule has 1 aromatic carbocycles. The number of unbranched alkanes of at least 4 members (excludes halogenated alkanes) is 2. The van der Waals surface area contributed by atoms with Crippen molar-refractivity contribution >= 4 is 51.6 Å². The molecule has 0 aliphatic heterocycles. The number of halogens is 2. The first-order valence-electron chi connectivity index (χ1n) is 8.40. The van der Waals surface area contributed by atoms with Crippen LogP contribution in [0.4, 0.5) is 0 Å². The first-order valence-corrected chi connectivity index (χ1v) is 10.4. The van der Waals surface area contributed by atoms with Gasteiger partial charge in [-0.25, -0.2) is 4.98 Å². The molecule has 0 fully saturated rings. The quantitative estimate of drug-likeness (QED) is 0.227.